The van der Waals surface area contributed by atoms with E-state index in [4.69, 9.17) is 9.47 Å². The summed E-state index contributed by atoms with van der Waals surface area (Å²) in [6.45, 7) is 8.52. The molecule has 1 aromatic carbocycles. The van der Waals surface area contributed by atoms with E-state index in [2.05, 4.69) is 52.8 Å². The third-order valence-corrected chi connectivity index (χ3v) is 4.69. The van der Waals surface area contributed by atoms with Gasteiger partial charge in [-0.1, -0.05) is 12.1 Å². The number of hydrogen-bond donors (Lipinski definition) is 2. The van der Waals surface area contributed by atoms with Gasteiger partial charge >= 0.3 is 0 Å². The van der Waals surface area contributed by atoms with Crippen molar-refractivity contribution in [3.05, 3.63) is 47.3 Å². The van der Waals surface area contributed by atoms with E-state index in [-0.39, 0.29) is 0 Å². The summed E-state index contributed by atoms with van der Waals surface area (Å²) < 4.78 is 13.4. The van der Waals surface area contributed by atoms with E-state index in [1.54, 1.807) is 4.68 Å². The number of guanidine groups is 1. The van der Waals surface area contributed by atoms with Gasteiger partial charge in [-0.15, -0.1) is 0 Å². The zero-order chi connectivity index (χ0) is 19.8. The second-order valence-electron chi connectivity index (χ2n) is 7.22. The third kappa shape index (κ3) is 5.99. The minimum Gasteiger partial charge on any atom is -0.493 e. The average molecular weight is 386 g/mol. The first-order chi connectivity index (χ1) is 13.6. The molecule has 28 heavy (non-hydrogen) atoms. The Morgan fingerprint density at radius 3 is 3.00 bits per heavy atom. The summed E-state index contributed by atoms with van der Waals surface area (Å²) in [6.07, 6.45) is 4.89. The highest BCUT2D eigenvalue weighted by atomic mass is 16.5. The first-order valence-corrected chi connectivity index (χ1v) is 9.94. The Labute approximate surface area is 167 Å². The fourth-order valence-electron chi connectivity index (χ4n) is 3.11. The molecule has 1 aliphatic heterocycles. The van der Waals surface area contributed by atoms with Crippen molar-refractivity contribution in [3.63, 3.8) is 0 Å². The summed E-state index contributed by atoms with van der Waals surface area (Å²) >= 11 is 0. The predicted octanol–water partition coefficient (Wildman–Crippen LogP) is 2.40. The van der Waals surface area contributed by atoms with E-state index in [1.807, 2.05) is 19.4 Å². The Kier molecular flexibility index (Phi) is 7.31. The van der Waals surface area contributed by atoms with Crippen molar-refractivity contribution < 1.29 is 9.47 Å². The molecular formula is C21H31N5O2. The lowest BCUT2D eigenvalue weighted by Crippen LogP contribution is -2.36. The molecule has 1 unspecified atom stereocenters. The highest BCUT2D eigenvalue weighted by Gasteiger charge is 2.17. The lowest BCUT2D eigenvalue weighted by molar-refractivity contribution is 0.166. The van der Waals surface area contributed by atoms with Gasteiger partial charge < -0.3 is 20.1 Å². The Balaban J connectivity index is 1.61. The molecule has 2 N–H and O–H groups in total. The van der Waals surface area contributed by atoms with E-state index in [0.29, 0.717) is 25.6 Å². The van der Waals surface area contributed by atoms with Crippen molar-refractivity contribution in [1.29, 1.82) is 0 Å². The Morgan fingerprint density at radius 2 is 2.29 bits per heavy atom. The molecule has 3 rings (SSSR count). The standard InChI is InChI=1S/C21H31N5O2/c1-4-22-21(23-10-18-11-25-26(3)13-18)24-12-19-6-5-16(2)9-20(19)28-15-17-7-8-27-14-17/h5-6,9,11,13,17H,4,7-8,10,12,14-15H2,1-3H3,(H2,22,23,24). The molecule has 1 aliphatic rings. The predicted molar refractivity (Wildman–Crippen MR) is 110 cm³/mol. The fourth-order valence-corrected chi connectivity index (χ4v) is 3.11. The molecule has 0 bridgehead atoms. The van der Waals surface area contributed by atoms with Gasteiger partial charge in [0.1, 0.15) is 5.75 Å². The smallest absolute Gasteiger partial charge is 0.191 e. The molecule has 7 nitrogen and oxygen atoms in total. The molecule has 2 heterocycles. The van der Waals surface area contributed by atoms with Gasteiger partial charge in [0.05, 0.1) is 26.0 Å². The molecule has 0 amide bonds. The Morgan fingerprint density at radius 1 is 1.39 bits per heavy atom. The summed E-state index contributed by atoms with van der Waals surface area (Å²) in [6, 6.07) is 6.34. The van der Waals surface area contributed by atoms with Crippen LogP contribution in [-0.4, -0.2) is 42.1 Å². The summed E-state index contributed by atoms with van der Waals surface area (Å²) in [5, 5.41) is 10.9. The normalized spacial score (nSPS) is 17.0. The third-order valence-electron chi connectivity index (χ3n) is 4.69. The lowest BCUT2D eigenvalue weighted by Gasteiger charge is -2.17. The van der Waals surface area contributed by atoms with Crippen molar-refractivity contribution in [2.45, 2.75) is 33.4 Å². The van der Waals surface area contributed by atoms with Gasteiger partial charge in [-0.3, -0.25) is 4.68 Å². The molecule has 1 saturated heterocycles. The van der Waals surface area contributed by atoms with E-state index >= 15 is 0 Å². The summed E-state index contributed by atoms with van der Waals surface area (Å²) in [5.41, 5.74) is 3.40. The summed E-state index contributed by atoms with van der Waals surface area (Å²) in [4.78, 5) is 4.65. The topological polar surface area (TPSA) is 72.7 Å². The molecule has 0 saturated carbocycles. The number of aromatic nitrogens is 2. The molecule has 0 spiro atoms. The van der Waals surface area contributed by atoms with E-state index in [9.17, 15) is 0 Å². The number of hydrogen-bond acceptors (Lipinski definition) is 4. The van der Waals surface area contributed by atoms with Gasteiger partial charge in [-0.05, 0) is 31.9 Å². The maximum absolute atomic E-state index is 6.13. The van der Waals surface area contributed by atoms with Crippen LogP contribution >= 0.6 is 0 Å². The molecule has 1 atom stereocenters. The van der Waals surface area contributed by atoms with Crippen LogP contribution in [0.1, 0.15) is 30.0 Å². The van der Waals surface area contributed by atoms with E-state index in [0.717, 1.165) is 49.0 Å². The zero-order valence-corrected chi connectivity index (χ0v) is 17.1. The number of rotatable bonds is 8. The fraction of sp³-hybridized carbons (Fsp3) is 0.524. The van der Waals surface area contributed by atoms with Crippen LogP contribution in [0.4, 0.5) is 0 Å². The first kappa shape index (κ1) is 20.2. The van der Waals surface area contributed by atoms with Crippen LogP contribution in [0.2, 0.25) is 0 Å². The lowest BCUT2D eigenvalue weighted by atomic mass is 10.1. The largest absolute Gasteiger partial charge is 0.493 e. The average Bonchev–Trinajstić information content (AvgIpc) is 3.35. The Hall–Kier alpha value is -2.54. The van der Waals surface area contributed by atoms with Crippen LogP contribution in [0.15, 0.2) is 35.6 Å². The van der Waals surface area contributed by atoms with Crippen molar-refractivity contribution in [2.24, 2.45) is 18.0 Å². The van der Waals surface area contributed by atoms with E-state index < -0.39 is 0 Å². The number of benzene rings is 1. The molecule has 152 valence electrons. The number of nitrogens with one attached hydrogen (secondary N) is 2. The van der Waals surface area contributed by atoms with Crippen molar-refractivity contribution >= 4 is 5.96 Å². The van der Waals surface area contributed by atoms with Crippen LogP contribution in [0.3, 0.4) is 0 Å². The van der Waals surface area contributed by atoms with Gasteiger partial charge in [-0.2, -0.15) is 5.10 Å². The number of ether oxygens (including phenoxy) is 2. The molecule has 1 aromatic heterocycles. The Bertz CT molecular complexity index is 781. The SMILES string of the molecule is CCNC(=NCc1cnn(C)c1)NCc1ccc(C)cc1OCC1CCOC1. The van der Waals surface area contributed by atoms with Gasteiger partial charge in [0.25, 0.3) is 0 Å². The van der Waals surface area contributed by atoms with Crippen LogP contribution in [0, 0.1) is 12.8 Å². The zero-order valence-electron chi connectivity index (χ0n) is 17.1. The molecule has 1 fully saturated rings. The second kappa shape index (κ2) is 10.1. The molecule has 7 heteroatoms. The summed E-state index contributed by atoms with van der Waals surface area (Å²) in [5.74, 6) is 2.20. The monoisotopic (exact) mass is 385 g/mol. The van der Waals surface area contributed by atoms with Crippen molar-refractivity contribution in [1.82, 2.24) is 20.4 Å². The van der Waals surface area contributed by atoms with Crippen LogP contribution in [0.25, 0.3) is 0 Å². The van der Waals surface area contributed by atoms with Crippen molar-refractivity contribution in [3.8, 4) is 5.75 Å². The minimum atomic E-state index is 0.486. The highest BCUT2D eigenvalue weighted by molar-refractivity contribution is 5.79. The van der Waals surface area contributed by atoms with Crippen molar-refractivity contribution in [2.75, 3.05) is 26.4 Å². The van der Waals surface area contributed by atoms with Gasteiger partial charge in [0.15, 0.2) is 5.96 Å². The molecule has 2 aromatic rings. The maximum Gasteiger partial charge on any atom is 0.191 e. The first-order valence-electron chi connectivity index (χ1n) is 9.94. The minimum absolute atomic E-state index is 0.486. The number of aliphatic imine (C=N–C) groups is 1. The molecule has 0 radical (unpaired) electrons. The van der Waals surface area contributed by atoms with Gasteiger partial charge in [-0.25, -0.2) is 4.99 Å². The van der Waals surface area contributed by atoms with Gasteiger partial charge in [0.2, 0.25) is 0 Å². The maximum atomic E-state index is 6.13. The highest BCUT2D eigenvalue weighted by Crippen LogP contribution is 2.22. The molecular weight excluding hydrogens is 354 g/mol. The van der Waals surface area contributed by atoms with Gasteiger partial charge in [0, 0.05) is 50.0 Å². The van der Waals surface area contributed by atoms with E-state index in [1.165, 1.54) is 5.56 Å². The summed E-state index contributed by atoms with van der Waals surface area (Å²) in [7, 11) is 1.91. The van der Waals surface area contributed by atoms with Crippen LogP contribution in [-0.2, 0) is 24.9 Å². The van der Waals surface area contributed by atoms with Crippen LogP contribution < -0.4 is 15.4 Å². The number of aryl methyl sites for hydroxylation is 2. The number of nitrogens with zero attached hydrogens (tertiary/aromatic N) is 3. The molecule has 0 aliphatic carbocycles. The van der Waals surface area contributed by atoms with Crippen LogP contribution in [0.5, 0.6) is 5.75 Å². The quantitative estimate of drug-likeness (QED) is 0.539. The second-order valence-corrected chi connectivity index (χ2v) is 7.22.